The summed E-state index contributed by atoms with van der Waals surface area (Å²) in [7, 11) is 0. The summed E-state index contributed by atoms with van der Waals surface area (Å²) in [5.74, 6) is -1.56. The van der Waals surface area contributed by atoms with E-state index in [0.29, 0.717) is 0 Å². The lowest BCUT2D eigenvalue weighted by Crippen LogP contribution is -2.19. The van der Waals surface area contributed by atoms with Crippen LogP contribution in [0.4, 0.5) is 11.5 Å². The van der Waals surface area contributed by atoms with Crippen molar-refractivity contribution in [2.45, 2.75) is 0 Å². The molecule has 4 N–H and O–H groups in total. The van der Waals surface area contributed by atoms with Gasteiger partial charge in [-0.1, -0.05) is 6.07 Å². The van der Waals surface area contributed by atoms with Gasteiger partial charge in [0.2, 0.25) is 17.3 Å². The highest BCUT2D eigenvalue weighted by molar-refractivity contribution is 5.96. The van der Waals surface area contributed by atoms with Crippen molar-refractivity contribution in [2.75, 3.05) is 5.73 Å². The fourth-order valence-corrected chi connectivity index (χ4v) is 1.37. The Kier molecular flexibility index (Phi) is 3.74. The minimum absolute atomic E-state index is 0.0516. The number of phenolic OH excluding ortho intramolecular Hbond substituents is 1. The number of nitrogens with zero attached hydrogens (tertiary/aromatic N) is 4. The van der Waals surface area contributed by atoms with Crippen LogP contribution in [-0.4, -0.2) is 32.5 Å². The van der Waals surface area contributed by atoms with Crippen LogP contribution in [0, 0.1) is 10.1 Å². The van der Waals surface area contributed by atoms with Gasteiger partial charge in [0.1, 0.15) is 0 Å². The first-order valence-electron chi connectivity index (χ1n) is 5.38. The van der Waals surface area contributed by atoms with E-state index < -0.39 is 22.3 Å². The summed E-state index contributed by atoms with van der Waals surface area (Å²) < 4.78 is 4.24. The number of rotatable bonds is 4. The van der Waals surface area contributed by atoms with E-state index in [1.165, 1.54) is 12.1 Å². The van der Waals surface area contributed by atoms with Crippen LogP contribution in [0.3, 0.4) is 0 Å². The van der Waals surface area contributed by atoms with Crippen LogP contribution in [0.2, 0.25) is 0 Å². The number of aromatic nitrogens is 2. The van der Waals surface area contributed by atoms with E-state index in [-0.39, 0.29) is 17.1 Å². The van der Waals surface area contributed by atoms with Gasteiger partial charge >= 0.3 is 5.69 Å². The third-order valence-corrected chi connectivity index (χ3v) is 2.34. The summed E-state index contributed by atoms with van der Waals surface area (Å²) >= 11 is 0. The molecule has 0 bridgehead atoms. The van der Waals surface area contributed by atoms with Crippen LogP contribution in [0.5, 0.6) is 5.75 Å². The second-order valence-electron chi connectivity index (χ2n) is 3.67. The molecule has 1 aromatic heterocycles. The number of carbonyl (C=O) groups is 1. The van der Waals surface area contributed by atoms with Crippen LogP contribution in [-0.2, 0) is 0 Å². The average Bonchev–Trinajstić information content (AvgIpc) is 2.86. The average molecular weight is 292 g/mol. The van der Waals surface area contributed by atoms with Crippen LogP contribution < -0.4 is 11.2 Å². The smallest absolute Gasteiger partial charge is 0.311 e. The summed E-state index contributed by atoms with van der Waals surface area (Å²) in [5.41, 5.74) is 6.68. The maximum Gasteiger partial charge on any atom is 0.311 e. The lowest BCUT2D eigenvalue weighted by atomic mass is 10.2. The third kappa shape index (κ3) is 2.91. The van der Waals surface area contributed by atoms with E-state index in [1.807, 2.05) is 0 Å². The Bertz CT molecular complexity index is 724. The number of anilines is 1. The van der Waals surface area contributed by atoms with Gasteiger partial charge in [-0.25, -0.2) is 10.1 Å². The molecule has 1 amide bonds. The van der Waals surface area contributed by atoms with E-state index in [2.05, 4.69) is 25.5 Å². The molecule has 0 unspecified atom stereocenters. The Morgan fingerprint density at radius 1 is 1.52 bits per heavy atom. The van der Waals surface area contributed by atoms with Crippen LogP contribution >= 0.6 is 0 Å². The normalized spacial score (nSPS) is 10.7. The fraction of sp³-hybridized carbons (Fsp3) is 0. The van der Waals surface area contributed by atoms with Crippen molar-refractivity contribution in [1.82, 2.24) is 15.7 Å². The molecule has 0 aliphatic rings. The molecule has 1 aromatic carbocycles. The van der Waals surface area contributed by atoms with E-state index in [0.717, 1.165) is 12.3 Å². The molecule has 0 saturated carbocycles. The van der Waals surface area contributed by atoms with Crippen molar-refractivity contribution in [3.8, 4) is 5.75 Å². The van der Waals surface area contributed by atoms with Gasteiger partial charge < -0.3 is 10.8 Å². The maximum absolute atomic E-state index is 11.5. The Hall–Kier alpha value is -3.50. The molecule has 21 heavy (non-hydrogen) atoms. The molecule has 0 aliphatic carbocycles. The summed E-state index contributed by atoms with van der Waals surface area (Å²) in [6.07, 6.45) is 1.03. The lowest BCUT2D eigenvalue weighted by Gasteiger charge is -1.99. The number of hydrazone groups is 1. The number of nitrogen functional groups attached to an aromatic ring is 1. The number of nitro groups is 1. The second-order valence-corrected chi connectivity index (χ2v) is 3.67. The zero-order valence-electron chi connectivity index (χ0n) is 10.3. The number of carbonyl (C=O) groups excluding carboxylic acids is 1. The third-order valence-electron chi connectivity index (χ3n) is 2.34. The quantitative estimate of drug-likeness (QED) is 0.402. The summed E-state index contributed by atoms with van der Waals surface area (Å²) in [6.45, 7) is 0. The minimum atomic E-state index is -0.782. The minimum Gasteiger partial charge on any atom is -0.502 e. The first kappa shape index (κ1) is 13.9. The number of amides is 1. The maximum atomic E-state index is 11.5. The molecule has 1 heterocycles. The van der Waals surface area contributed by atoms with Crippen molar-refractivity contribution in [2.24, 2.45) is 5.10 Å². The van der Waals surface area contributed by atoms with E-state index in [9.17, 15) is 20.0 Å². The van der Waals surface area contributed by atoms with Gasteiger partial charge in [-0.05, 0) is 16.4 Å². The Morgan fingerprint density at radius 3 is 2.90 bits per heavy atom. The van der Waals surface area contributed by atoms with Gasteiger partial charge in [0, 0.05) is 11.6 Å². The molecule has 0 fully saturated rings. The number of nitro benzene ring substituents is 1. The first-order valence-corrected chi connectivity index (χ1v) is 5.38. The molecule has 0 spiro atoms. The lowest BCUT2D eigenvalue weighted by molar-refractivity contribution is -0.385. The number of hydrogen-bond donors (Lipinski definition) is 3. The summed E-state index contributed by atoms with van der Waals surface area (Å²) in [6, 6.07) is 3.87. The molecule has 11 nitrogen and oxygen atoms in total. The van der Waals surface area contributed by atoms with E-state index in [4.69, 9.17) is 5.73 Å². The molecule has 108 valence electrons. The second kappa shape index (κ2) is 5.64. The van der Waals surface area contributed by atoms with Crippen molar-refractivity contribution in [3.63, 3.8) is 0 Å². The molecule has 2 rings (SSSR count). The molecular weight excluding hydrogens is 284 g/mol. The standard InChI is InChI=1S/C10H8N6O5/c11-9-7(14-21-15-9)10(18)13-12-4-5-2-1-3-6(8(5)17)16(19)20/h1-4,17H,(H2,11,15)(H,13,18)/b12-4+. The molecule has 0 aliphatic heterocycles. The molecule has 2 aromatic rings. The van der Waals surface area contributed by atoms with Crippen LogP contribution in [0.25, 0.3) is 0 Å². The SMILES string of the molecule is Nc1nonc1C(=O)N/N=C/c1cccc([N+](=O)[O-])c1O. The number of benzene rings is 1. The number of para-hydroxylation sites is 1. The van der Waals surface area contributed by atoms with E-state index >= 15 is 0 Å². The van der Waals surface area contributed by atoms with Crippen molar-refractivity contribution < 1.29 is 19.5 Å². The molecule has 0 saturated heterocycles. The van der Waals surface area contributed by atoms with Gasteiger partial charge in [-0.2, -0.15) is 5.10 Å². The van der Waals surface area contributed by atoms with Gasteiger partial charge in [-0.15, -0.1) is 0 Å². The highest BCUT2D eigenvalue weighted by Gasteiger charge is 2.16. The molecule has 0 atom stereocenters. The van der Waals surface area contributed by atoms with E-state index in [1.54, 1.807) is 0 Å². The Balaban J connectivity index is 2.12. The van der Waals surface area contributed by atoms with Crippen molar-refractivity contribution in [3.05, 3.63) is 39.6 Å². The fourth-order valence-electron chi connectivity index (χ4n) is 1.37. The molecule has 11 heteroatoms. The monoisotopic (exact) mass is 292 g/mol. The first-order chi connectivity index (χ1) is 10.0. The van der Waals surface area contributed by atoms with Gasteiger partial charge in [-0.3, -0.25) is 14.9 Å². The zero-order valence-corrected chi connectivity index (χ0v) is 10.3. The highest BCUT2D eigenvalue weighted by Crippen LogP contribution is 2.27. The number of hydrogen-bond acceptors (Lipinski definition) is 9. The number of nitrogens with two attached hydrogens (primary N) is 1. The van der Waals surface area contributed by atoms with Crippen molar-refractivity contribution >= 4 is 23.6 Å². The Labute approximate surface area is 116 Å². The van der Waals surface area contributed by atoms with Crippen LogP contribution in [0.1, 0.15) is 16.1 Å². The number of nitrogens with one attached hydrogen (secondary N) is 1. The van der Waals surface area contributed by atoms with Crippen LogP contribution in [0.15, 0.2) is 27.9 Å². The highest BCUT2D eigenvalue weighted by atomic mass is 16.6. The molecule has 0 radical (unpaired) electrons. The number of phenols is 1. The largest absolute Gasteiger partial charge is 0.502 e. The topological polar surface area (TPSA) is 170 Å². The zero-order chi connectivity index (χ0) is 15.4. The predicted molar refractivity (Wildman–Crippen MR) is 68.5 cm³/mol. The summed E-state index contributed by atoms with van der Waals surface area (Å²) in [4.78, 5) is 21.4. The molecular formula is C10H8N6O5. The van der Waals surface area contributed by atoms with Crippen molar-refractivity contribution in [1.29, 1.82) is 0 Å². The Morgan fingerprint density at radius 2 is 2.29 bits per heavy atom. The predicted octanol–water partition coefficient (Wildman–Crippen LogP) is 0.0295. The van der Waals surface area contributed by atoms with Gasteiger partial charge in [0.15, 0.2) is 0 Å². The van der Waals surface area contributed by atoms with Gasteiger partial charge in [0.25, 0.3) is 5.91 Å². The number of aromatic hydroxyl groups is 1. The van der Waals surface area contributed by atoms with Gasteiger partial charge in [0.05, 0.1) is 11.1 Å². The summed E-state index contributed by atoms with van der Waals surface area (Å²) in [5, 5.41) is 30.3.